The van der Waals surface area contributed by atoms with Crippen LogP contribution in [0.1, 0.15) is 32.3 Å². The molecule has 1 aromatic rings. The Labute approximate surface area is 107 Å². The third-order valence-electron chi connectivity index (χ3n) is 2.35. The van der Waals surface area contributed by atoms with E-state index in [0.717, 1.165) is 35.6 Å². The molecule has 4 nitrogen and oxygen atoms in total. The second-order valence-electron chi connectivity index (χ2n) is 3.54. The van der Waals surface area contributed by atoms with Gasteiger partial charge in [0.1, 0.15) is 5.03 Å². The van der Waals surface area contributed by atoms with Crippen LogP contribution in [0, 0.1) is 0 Å². The van der Waals surface area contributed by atoms with E-state index in [9.17, 15) is 0 Å². The highest BCUT2D eigenvalue weighted by Crippen LogP contribution is 2.30. The summed E-state index contributed by atoms with van der Waals surface area (Å²) in [7, 11) is 3.21. The van der Waals surface area contributed by atoms with Crippen LogP contribution in [0.15, 0.2) is 5.03 Å². The first-order chi connectivity index (χ1) is 8.26. The minimum atomic E-state index is 0.373. The summed E-state index contributed by atoms with van der Waals surface area (Å²) in [4.78, 5) is 8.63. The van der Waals surface area contributed by atoms with Gasteiger partial charge in [0.15, 0.2) is 0 Å². The average Bonchev–Trinajstić information content (AvgIpc) is 2.36. The minimum Gasteiger partial charge on any atom is -0.481 e. The lowest BCUT2D eigenvalue weighted by atomic mass is 10.1. The molecule has 96 valence electrons. The summed E-state index contributed by atoms with van der Waals surface area (Å²) in [5.74, 6) is 1.61. The fraction of sp³-hybridized carbons (Fsp3) is 0.667. The average molecular weight is 256 g/mol. The molecule has 1 heterocycles. The highest BCUT2D eigenvalue weighted by molar-refractivity contribution is 7.99. The van der Waals surface area contributed by atoms with Gasteiger partial charge in [0.25, 0.3) is 0 Å². The Balaban J connectivity index is 3.10. The van der Waals surface area contributed by atoms with E-state index in [4.69, 9.17) is 9.47 Å². The predicted molar refractivity (Wildman–Crippen MR) is 70.1 cm³/mol. The van der Waals surface area contributed by atoms with Crippen LogP contribution in [0.3, 0.4) is 0 Å². The monoisotopic (exact) mass is 256 g/mol. The summed E-state index contributed by atoms with van der Waals surface area (Å²) in [6, 6.07) is 0.373. The van der Waals surface area contributed by atoms with Gasteiger partial charge in [-0.25, -0.2) is 0 Å². The molecule has 1 rings (SSSR count). The molecule has 0 amide bonds. The summed E-state index contributed by atoms with van der Waals surface area (Å²) in [5.41, 5.74) is 1.10. The van der Waals surface area contributed by atoms with Crippen molar-refractivity contribution >= 4 is 11.8 Å². The lowest BCUT2D eigenvalue weighted by Gasteiger charge is -2.12. The molecule has 1 aromatic heterocycles. The lowest BCUT2D eigenvalue weighted by Crippen LogP contribution is -2.03. The SMILES string of the molecule is CCCCc1c(OC)nc(OC)nc1SCC. The van der Waals surface area contributed by atoms with Crippen LogP contribution < -0.4 is 9.47 Å². The van der Waals surface area contributed by atoms with Gasteiger partial charge in [-0.15, -0.1) is 11.8 Å². The minimum absolute atomic E-state index is 0.373. The van der Waals surface area contributed by atoms with E-state index in [1.165, 1.54) is 0 Å². The highest BCUT2D eigenvalue weighted by Gasteiger charge is 2.15. The molecule has 0 unspecified atom stereocenters. The Morgan fingerprint density at radius 1 is 1.12 bits per heavy atom. The van der Waals surface area contributed by atoms with Crippen molar-refractivity contribution in [3.63, 3.8) is 0 Å². The van der Waals surface area contributed by atoms with Gasteiger partial charge in [-0.05, 0) is 18.6 Å². The molecule has 0 bridgehead atoms. The van der Waals surface area contributed by atoms with Crippen LogP contribution in [0.25, 0.3) is 0 Å². The number of thioether (sulfide) groups is 1. The van der Waals surface area contributed by atoms with Crippen LogP contribution in [-0.4, -0.2) is 29.9 Å². The predicted octanol–water partition coefficient (Wildman–Crippen LogP) is 2.95. The highest BCUT2D eigenvalue weighted by atomic mass is 32.2. The van der Waals surface area contributed by atoms with Gasteiger partial charge in [0.2, 0.25) is 5.88 Å². The van der Waals surface area contributed by atoms with Crippen LogP contribution in [0.2, 0.25) is 0 Å². The Hall–Kier alpha value is -0.970. The van der Waals surface area contributed by atoms with E-state index >= 15 is 0 Å². The van der Waals surface area contributed by atoms with Crippen molar-refractivity contribution in [1.29, 1.82) is 0 Å². The van der Waals surface area contributed by atoms with Crippen LogP contribution >= 0.6 is 11.8 Å². The van der Waals surface area contributed by atoms with Crippen molar-refractivity contribution in [2.75, 3.05) is 20.0 Å². The van der Waals surface area contributed by atoms with Crippen LogP contribution in [-0.2, 0) is 6.42 Å². The Morgan fingerprint density at radius 2 is 1.88 bits per heavy atom. The number of hydrogen-bond donors (Lipinski definition) is 0. The number of aromatic nitrogens is 2. The van der Waals surface area contributed by atoms with E-state index in [1.54, 1.807) is 26.0 Å². The molecule has 0 aliphatic rings. The summed E-state index contributed by atoms with van der Waals surface area (Å²) in [6.45, 7) is 4.28. The smallest absolute Gasteiger partial charge is 0.320 e. The summed E-state index contributed by atoms with van der Waals surface area (Å²) < 4.78 is 10.4. The largest absolute Gasteiger partial charge is 0.481 e. The van der Waals surface area contributed by atoms with E-state index in [0.29, 0.717) is 11.9 Å². The fourth-order valence-electron chi connectivity index (χ4n) is 1.51. The second-order valence-corrected chi connectivity index (χ2v) is 4.79. The van der Waals surface area contributed by atoms with Gasteiger partial charge < -0.3 is 9.47 Å². The number of nitrogens with zero attached hydrogens (tertiary/aromatic N) is 2. The van der Waals surface area contributed by atoms with E-state index in [-0.39, 0.29) is 0 Å². The van der Waals surface area contributed by atoms with Gasteiger partial charge in [0.05, 0.1) is 14.2 Å². The molecule has 0 saturated heterocycles. The fourth-order valence-corrected chi connectivity index (χ4v) is 2.29. The van der Waals surface area contributed by atoms with Crippen LogP contribution in [0.5, 0.6) is 11.9 Å². The zero-order valence-corrected chi connectivity index (χ0v) is 11.8. The Morgan fingerprint density at radius 3 is 2.41 bits per heavy atom. The maximum atomic E-state index is 5.33. The molecule has 0 fully saturated rings. The Kier molecular flexibility index (Phi) is 6.11. The number of unbranched alkanes of at least 4 members (excludes halogenated alkanes) is 1. The van der Waals surface area contributed by atoms with Crippen molar-refractivity contribution in [3.8, 4) is 11.9 Å². The summed E-state index contributed by atoms with van der Waals surface area (Å²) in [5, 5.41) is 0.977. The molecule has 0 aromatic carbocycles. The molecule has 0 aliphatic carbocycles. The quantitative estimate of drug-likeness (QED) is 0.554. The van der Waals surface area contributed by atoms with Crippen molar-refractivity contribution in [2.45, 2.75) is 38.1 Å². The molecule has 0 saturated carbocycles. The molecule has 0 radical (unpaired) electrons. The third-order valence-corrected chi connectivity index (χ3v) is 3.25. The molecule has 0 N–H and O–H groups in total. The number of ether oxygens (including phenoxy) is 2. The first-order valence-corrected chi connectivity index (χ1v) is 6.87. The number of hydrogen-bond acceptors (Lipinski definition) is 5. The van der Waals surface area contributed by atoms with Gasteiger partial charge >= 0.3 is 6.01 Å². The van der Waals surface area contributed by atoms with E-state index in [2.05, 4.69) is 23.8 Å². The van der Waals surface area contributed by atoms with Crippen molar-refractivity contribution in [1.82, 2.24) is 9.97 Å². The first kappa shape index (κ1) is 14.1. The molecule has 0 spiro atoms. The first-order valence-electron chi connectivity index (χ1n) is 5.88. The van der Waals surface area contributed by atoms with E-state index in [1.807, 2.05) is 0 Å². The van der Waals surface area contributed by atoms with E-state index < -0.39 is 0 Å². The van der Waals surface area contributed by atoms with Gasteiger partial charge in [0, 0.05) is 5.56 Å². The third kappa shape index (κ3) is 3.77. The second kappa shape index (κ2) is 7.37. The van der Waals surface area contributed by atoms with Crippen molar-refractivity contribution in [3.05, 3.63) is 5.56 Å². The zero-order valence-electron chi connectivity index (χ0n) is 10.9. The summed E-state index contributed by atoms with van der Waals surface area (Å²) >= 11 is 1.70. The zero-order chi connectivity index (χ0) is 12.7. The van der Waals surface area contributed by atoms with Crippen molar-refractivity contribution < 1.29 is 9.47 Å². The standard InChI is InChI=1S/C12H20N2O2S/c1-5-7-8-9-10(15-3)13-12(16-4)14-11(9)17-6-2/h5-8H2,1-4H3. The summed E-state index contributed by atoms with van der Waals surface area (Å²) in [6.07, 6.45) is 3.21. The molecule has 0 atom stereocenters. The van der Waals surface area contributed by atoms with Gasteiger partial charge in [-0.3, -0.25) is 0 Å². The molecular formula is C12H20N2O2S. The maximum absolute atomic E-state index is 5.33. The molecule has 5 heteroatoms. The van der Waals surface area contributed by atoms with Gasteiger partial charge in [-0.1, -0.05) is 20.3 Å². The normalized spacial score (nSPS) is 10.4. The molecule has 0 aliphatic heterocycles. The number of methoxy groups -OCH3 is 2. The van der Waals surface area contributed by atoms with Crippen LogP contribution in [0.4, 0.5) is 0 Å². The lowest BCUT2D eigenvalue weighted by molar-refractivity contribution is 0.343. The topological polar surface area (TPSA) is 44.2 Å². The maximum Gasteiger partial charge on any atom is 0.320 e. The number of rotatable bonds is 7. The Bertz CT molecular complexity index is 359. The molecule has 17 heavy (non-hydrogen) atoms. The van der Waals surface area contributed by atoms with Crippen molar-refractivity contribution in [2.24, 2.45) is 0 Å². The van der Waals surface area contributed by atoms with Gasteiger partial charge in [-0.2, -0.15) is 9.97 Å². The molecular weight excluding hydrogens is 236 g/mol.